The fourth-order valence-electron chi connectivity index (χ4n) is 1.31. The number of carbonyl (C=O) groups is 1. The molecule has 0 aliphatic heterocycles. The fourth-order valence-corrected chi connectivity index (χ4v) is 1.31. The zero-order valence-corrected chi connectivity index (χ0v) is 14.3. The van der Waals surface area contributed by atoms with E-state index in [1.54, 1.807) is 0 Å². The van der Waals surface area contributed by atoms with Crippen LogP contribution in [0.15, 0.2) is 29.3 Å². The van der Waals surface area contributed by atoms with Gasteiger partial charge in [0, 0.05) is 5.56 Å². The molecule has 0 spiro atoms. The van der Waals surface area contributed by atoms with Crippen LogP contribution in [0.5, 0.6) is 5.75 Å². The minimum Gasteiger partial charge on any atom is -0.548 e. The summed E-state index contributed by atoms with van der Waals surface area (Å²) in [5.41, 5.74) is -1.49. The van der Waals surface area contributed by atoms with E-state index >= 15 is 0 Å². The van der Waals surface area contributed by atoms with E-state index < -0.39 is 23.9 Å². The molecule has 0 aromatic heterocycles. The van der Waals surface area contributed by atoms with E-state index in [2.05, 4.69) is 4.99 Å². The number of methoxy groups -OCH3 is 1. The van der Waals surface area contributed by atoms with Crippen molar-refractivity contribution in [2.75, 3.05) is 7.11 Å². The van der Waals surface area contributed by atoms with E-state index in [1.807, 2.05) is 0 Å². The number of carboxylic acids is 1. The van der Waals surface area contributed by atoms with Gasteiger partial charge < -0.3 is 14.6 Å². The van der Waals surface area contributed by atoms with Crippen LogP contribution >= 0.6 is 0 Å². The van der Waals surface area contributed by atoms with E-state index in [0.29, 0.717) is 5.75 Å². The topological polar surface area (TPSA) is 61.7 Å². The largest absolute Gasteiger partial charge is 1.00 e. The Morgan fingerprint density at radius 2 is 1.80 bits per heavy atom. The zero-order valence-electron chi connectivity index (χ0n) is 11.2. The fraction of sp³-hybridized carbons (Fsp3) is 0.333. The van der Waals surface area contributed by atoms with Gasteiger partial charge in [0.25, 0.3) is 0 Å². The molecule has 0 aliphatic rings. The number of nitrogens with zero attached hydrogens (tertiary/aromatic N) is 1. The Bertz CT molecular complexity index is 486. The Balaban J connectivity index is 0.00000361. The quantitative estimate of drug-likeness (QED) is 0.486. The molecule has 0 amide bonds. The normalized spacial score (nSPS) is 13.3. The van der Waals surface area contributed by atoms with Crippen molar-refractivity contribution in [1.29, 1.82) is 0 Å². The standard InChI is InChI=1S/C12H12F3NO3.K/c1-7(11(17)18)16-10(12(13,14)15)8-3-5-9(19-2)6-4-8;/h3-7H,1-2H3,(H,17,18);/q;+1/p-1/t7-;/m0./s1. The molecule has 0 heterocycles. The van der Waals surface area contributed by atoms with Crippen molar-refractivity contribution in [3.63, 3.8) is 0 Å². The number of rotatable bonds is 4. The van der Waals surface area contributed by atoms with Crippen LogP contribution in [0.25, 0.3) is 0 Å². The summed E-state index contributed by atoms with van der Waals surface area (Å²) in [6, 6.07) is 3.40. The van der Waals surface area contributed by atoms with E-state index in [1.165, 1.54) is 19.2 Å². The van der Waals surface area contributed by atoms with Crippen molar-refractivity contribution in [1.82, 2.24) is 0 Å². The van der Waals surface area contributed by atoms with Gasteiger partial charge in [0.1, 0.15) is 11.5 Å². The second-order valence-corrected chi connectivity index (χ2v) is 3.70. The first-order valence-electron chi connectivity index (χ1n) is 5.26. The number of alkyl halides is 3. The monoisotopic (exact) mass is 313 g/mol. The third-order valence-corrected chi connectivity index (χ3v) is 2.30. The molecule has 0 N–H and O–H groups in total. The van der Waals surface area contributed by atoms with Gasteiger partial charge in [-0.15, -0.1) is 0 Å². The van der Waals surface area contributed by atoms with Gasteiger partial charge in [-0.25, -0.2) is 0 Å². The number of carboxylic acid groups (broad SMARTS) is 1. The second-order valence-electron chi connectivity index (χ2n) is 3.70. The van der Waals surface area contributed by atoms with E-state index in [9.17, 15) is 23.1 Å². The minimum atomic E-state index is -4.75. The van der Waals surface area contributed by atoms with E-state index in [-0.39, 0.29) is 56.9 Å². The van der Waals surface area contributed by atoms with Gasteiger partial charge >= 0.3 is 57.6 Å². The molecule has 0 aliphatic carbocycles. The summed E-state index contributed by atoms with van der Waals surface area (Å²) in [6.07, 6.45) is -4.75. The summed E-state index contributed by atoms with van der Waals surface area (Å²) in [7, 11) is 1.38. The minimum absolute atomic E-state index is 0. The molecule has 8 heteroatoms. The van der Waals surface area contributed by atoms with Gasteiger partial charge in [-0.1, -0.05) is 0 Å². The van der Waals surface area contributed by atoms with Crippen molar-refractivity contribution < 1.29 is 79.2 Å². The smallest absolute Gasteiger partial charge is 0.548 e. The molecule has 0 saturated heterocycles. The van der Waals surface area contributed by atoms with Crippen molar-refractivity contribution in [2.24, 2.45) is 4.99 Å². The Labute approximate surface area is 156 Å². The molecular weight excluding hydrogens is 302 g/mol. The number of ether oxygens (including phenoxy) is 1. The maximum Gasteiger partial charge on any atom is 1.00 e. The molecule has 20 heavy (non-hydrogen) atoms. The summed E-state index contributed by atoms with van der Waals surface area (Å²) >= 11 is 0. The second kappa shape index (κ2) is 8.13. The van der Waals surface area contributed by atoms with E-state index in [4.69, 9.17) is 4.74 Å². The Morgan fingerprint density at radius 3 is 2.15 bits per heavy atom. The number of halogens is 3. The van der Waals surface area contributed by atoms with Crippen LogP contribution in [0.3, 0.4) is 0 Å². The zero-order chi connectivity index (χ0) is 14.6. The predicted molar refractivity (Wildman–Crippen MR) is 60.1 cm³/mol. The molecule has 1 aromatic carbocycles. The molecule has 1 rings (SSSR count). The number of aliphatic imine (C=N–C) groups is 1. The molecule has 0 bridgehead atoms. The van der Waals surface area contributed by atoms with Crippen molar-refractivity contribution in [3.8, 4) is 5.75 Å². The SMILES string of the molecule is COc1ccc(C(=N[C@@H](C)C(=O)[O-])C(F)(F)F)cc1.[K+]. The van der Waals surface area contributed by atoms with Crippen LogP contribution in [0.2, 0.25) is 0 Å². The molecule has 0 radical (unpaired) electrons. The molecular formula is C12H11F3KNO3. The number of hydrogen-bond acceptors (Lipinski definition) is 4. The number of hydrogen-bond donors (Lipinski definition) is 0. The average Bonchev–Trinajstić information content (AvgIpc) is 2.34. The Morgan fingerprint density at radius 1 is 1.30 bits per heavy atom. The molecule has 1 atom stereocenters. The first-order chi connectivity index (χ1) is 8.75. The third-order valence-electron chi connectivity index (χ3n) is 2.30. The van der Waals surface area contributed by atoms with Crippen LogP contribution in [-0.2, 0) is 4.79 Å². The summed E-state index contributed by atoms with van der Waals surface area (Å²) in [5.74, 6) is -1.28. The molecule has 4 nitrogen and oxygen atoms in total. The molecule has 1 aromatic rings. The van der Waals surface area contributed by atoms with Gasteiger partial charge in [0.05, 0.1) is 19.1 Å². The Kier molecular flexibility index (Phi) is 7.96. The molecule has 0 fully saturated rings. The van der Waals surface area contributed by atoms with Crippen molar-refractivity contribution in [2.45, 2.75) is 19.1 Å². The summed E-state index contributed by atoms with van der Waals surface area (Å²) in [4.78, 5) is 13.6. The first kappa shape index (κ1) is 19.6. The average molecular weight is 313 g/mol. The van der Waals surface area contributed by atoms with Gasteiger partial charge in [0.15, 0.2) is 0 Å². The van der Waals surface area contributed by atoms with Crippen LogP contribution in [-0.4, -0.2) is 31.0 Å². The maximum absolute atomic E-state index is 12.8. The van der Waals surface area contributed by atoms with Crippen LogP contribution in [0, 0.1) is 0 Å². The van der Waals surface area contributed by atoms with Crippen molar-refractivity contribution in [3.05, 3.63) is 29.8 Å². The van der Waals surface area contributed by atoms with Crippen LogP contribution < -0.4 is 61.2 Å². The van der Waals surface area contributed by atoms with Crippen LogP contribution in [0.1, 0.15) is 12.5 Å². The molecule has 0 unspecified atom stereocenters. The predicted octanol–water partition coefficient (Wildman–Crippen LogP) is -1.81. The molecule has 0 saturated carbocycles. The van der Waals surface area contributed by atoms with Crippen molar-refractivity contribution >= 4 is 11.7 Å². The molecule has 104 valence electrons. The third kappa shape index (κ3) is 5.53. The van der Waals surface area contributed by atoms with E-state index in [0.717, 1.165) is 19.1 Å². The first-order valence-corrected chi connectivity index (χ1v) is 5.26. The summed E-state index contributed by atoms with van der Waals surface area (Å²) in [6.45, 7) is 1.02. The van der Waals surface area contributed by atoms with Gasteiger partial charge in [-0.05, 0) is 31.2 Å². The number of aliphatic carboxylic acids is 1. The number of benzene rings is 1. The van der Waals surface area contributed by atoms with Gasteiger partial charge in [-0.3, -0.25) is 4.99 Å². The van der Waals surface area contributed by atoms with Gasteiger partial charge in [-0.2, -0.15) is 13.2 Å². The maximum atomic E-state index is 12.8. The number of carbonyl (C=O) groups excluding carboxylic acids is 1. The van der Waals surface area contributed by atoms with Gasteiger partial charge in [0.2, 0.25) is 0 Å². The Hall–Kier alpha value is -0.414. The summed E-state index contributed by atoms with van der Waals surface area (Å²) < 4.78 is 43.3. The van der Waals surface area contributed by atoms with Crippen LogP contribution in [0.4, 0.5) is 13.2 Å². The summed E-state index contributed by atoms with van der Waals surface area (Å²) in [5, 5.41) is 10.5.